The van der Waals surface area contributed by atoms with Gasteiger partial charge in [0.15, 0.2) is 0 Å². The molecule has 0 saturated carbocycles. The first-order chi connectivity index (χ1) is 9.28. The monoisotopic (exact) mass is 272 g/mol. The smallest absolute Gasteiger partial charge is 0.129 e. The highest BCUT2D eigenvalue weighted by atomic mass is 32.1. The number of aromatic nitrogens is 3. The molecule has 0 atom stereocenters. The molecule has 0 bridgehead atoms. The Morgan fingerprint density at radius 1 is 1.26 bits per heavy atom. The van der Waals surface area contributed by atoms with Gasteiger partial charge in [-0.15, -0.1) is 11.3 Å². The molecule has 0 fully saturated rings. The van der Waals surface area contributed by atoms with E-state index in [1.54, 1.807) is 24.6 Å². The fraction of sp³-hybridized carbons (Fsp3) is 0.0769. The molecule has 3 rings (SSSR count). The number of rotatable bonds is 3. The average Bonchev–Trinajstić information content (AvgIpc) is 3.07. The molecule has 0 aliphatic heterocycles. The Labute approximate surface area is 114 Å². The zero-order valence-corrected chi connectivity index (χ0v) is 11.1. The van der Waals surface area contributed by atoms with Crippen LogP contribution in [0.3, 0.4) is 0 Å². The number of aromatic amines is 1. The Morgan fingerprint density at radius 2 is 2.05 bits per heavy atom. The number of nitrogens with two attached hydrogens (primary N) is 1. The normalized spacial score (nSPS) is 10.6. The van der Waals surface area contributed by atoms with E-state index in [1.165, 1.54) is 0 Å². The van der Waals surface area contributed by atoms with Gasteiger partial charge < -0.3 is 10.5 Å². The molecule has 96 valence electrons. The third-order valence-corrected chi connectivity index (χ3v) is 3.66. The first kappa shape index (κ1) is 11.7. The molecule has 1 aromatic carbocycles. The van der Waals surface area contributed by atoms with Crippen LogP contribution in [0, 0.1) is 0 Å². The summed E-state index contributed by atoms with van der Waals surface area (Å²) in [5.74, 6) is 1.37. The molecule has 3 aromatic rings. The number of ether oxygens (including phenoxy) is 1. The number of nitrogens with zero attached hydrogens (tertiary/aromatic N) is 2. The lowest BCUT2D eigenvalue weighted by molar-refractivity contribution is 0.415. The van der Waals surface area contributed by atoms with E-state index in [0.717, 1.165) is 27.6 Å². The quantitative estimate of drug-likeness (QED) is 0.768. The molecular formula is C13H12N4OS. The molecule has 2 aromatic heterocycles. The van der Waals surface area contributed by atoms with Gasteiger partial charge in [0.05, 0.1) is 24.6 Å². The van der Waals surface area contributed by atoms with Crippen molar-refractivity contribution in [3.05, 3.63) is 35.8 Å². The predicted molar refractivity (Wildman–Crippen MR) is 76.1 cm³/mol. The summed E-state index contributed by atoms with van der Waals surface area (Å²) in [6, 6.07) is 7.80. The summed E-state index contributed by atoms with van der Waals surface area (Å²) in [5.41, 5.74) is 8.59. The van der Waals surface area contributed by atoms with Crippen molar-refractivity contribution < 1.29 is 4.74 Å². The number of hydrogen-bond donors (Lipinski definition) is 2. The van der Waals surface area contributed by atoms with E-state index in [-0.39, 0.29) is 0 Å². The summed E-state index contributed by atoms with van der Waals surface area (Å²) in [7, 11) is 1.65. The number of methoxy groups -OCH3 is 1. The van der Waals surface area contributed by atoms with E-state index in [4.69, 9.17) is 10.5 Å². The van der Waals surface area contributed by atoms with Crippen molar-refractivity contribution in [2.75, 3.05) is 12.8 Å². The Balaban J connectivity index is 1.94. The van der Waals surface area contributed by atoms with Gasteiger partial charge in [-0.3, -0.25) is 5.10 Å². The minimum atomic E-state index is 0.538. The van der Waals surface area contributed by atoms with Crippen molar-refractivity contribution in [2.45, 2.75) is 0 Å². The van der Waals surface area contributed by atoms with Gasteiger partial charge in [0.25, 0.3) is 0 Å². The van der Waals surface area contributed by atoms with Crippen molar-refractivity contribution in [3.63, 3.8) is 0 Å². The molecule has 0 aliphatic carbocycles. The molecule has 0 unspecified atom stereocenters. The minimum absolute atomic E-state index is 0.538. The predicted octanol–water partition coefficient (Wildman–Crippen LogP) is 2.79. The second kappa shape index (κ2) is 4.74. The van der Waals surface area contributed by atoms with Gasteiger partial charge in [-0.1, -0.05) is 0 Å². The van der Waals surface area contributed by atoms with Crippen molar-refractivity contribution in [2.24, 2.45) is 0 Å². The molecule has 3 N–H and O–H groups in total. The van der Waals surface area contributed by atoms with Crippen LogP contribution >= 0.6 is 11.3 Å². The summed E-state index contributed by atoms with van der Waals surface area (Å²) in [4.78, 5) is 4.58. The van der Waals surface area contributed by atoms with Gasteiger partial charge in [-0.25, -0.2) is 4.98 Å². The Kier molecular flexibility index (Phi) is 2.92. The number of thiazole rings is 1. The molecule has 0 spiro atoms. The molecule has 6 heteroatoms. The summed E-state index contributed by atoms with van der Waals surface area (Å²) in [5, 5.41) is 9.47. The highest BCUT2D eigenvalue weighted by Crippen LogP contribution is 2.31. The highest BCUT2D eigenvalue weighted by Gasteiger charge is 2.10. The van der Waals surface area contributed by atoms with E-state index < -0.39 is 0 Å². The van der Waals surface area contributed by atoms with Gasteiger partial charge >= 0.3 is 0 Å². The summed E-state index contributed by atoms with van der Waals surface area (Å²) >= 11 is 1.54. The number of benzene rings is 1. The highest BCUT2D eigenvalue weighted by molar-refractivity contribution is 7.13. The van der Waals surface area contributed by atoms with Crippen LogP contribution in [-0.4, -0.2) is 22.3 Å². The molecule has 0 saturated heterocycles. The molecule has 19 heavy (non-hydrogen) atoms. The summed E-state index contributed by atoms with van der Waals surface area (Å²) < 4.78 is 5.14. The van der Waals surface area contributed by atoms with Gasteiger partial charge in [-0.2, -0.15) is 5.10 Å². The van der Waals surface area contributed by atoms with Gasteiger partial charge in [0.2, 0.25) is 0 Å². The Bertz CT molecular complexity index is 687. The van der Waals surface area contributed by atoms with Crippen LogP contribution in [0.25, 0.3) is 21.8 Å². The first-order valence-electron chi connectivity index (χ1n) is 5.67. The standard InChI is InChI=1S/C13H12N4OS/c1-18-9-4-2-8(3-5-9)11-7-19-13(16-11)10-6-15-17-12(10)14/h2-7H,1H3,(H3,14,15,17). The third kappa shape index (κ3) is 2.17. The minimum Gasteiger partial charge on any atom is -0.497 e. The van der Waals surface area contributed by atoms with Crippen LogP contribution in [0.15, 0.2) is 35.8 Å². The molecular weight excluding hydrogens is 260 g/mol. The Hall–Kier alpha value is -2.34. The maximum absolute atomic E-state index is 5.79. The van der Waals surface area contributed by atoms with E-state index in [9.17, 15) is 0 Å². The number of nitrogen functional groups attached to an aromatic ring is 1. The third-order valence-electron chi connectivity index (χ3n) is 2.79. The SMILES string of the molecule is COc1ccc(-c2csc(-c3cn[nH]c3N)n2)cc1. The number of nitrogens with one attached hydrogen (secondary N) is 1. The second-order valence-electron chi connectivity index (χ2n) is 3.96. The van der Waals surface area contributed by atoms with Crippen LogP contribution in [0.4, 0.5) is 5.82 Å². The molecule has 0 amide bonds. The van der Waals surface area contributed by atoms with Crippen LogP contribution in [0.5, 0.6) is 5.75 Å². The fourth-order valence-electron chi connectivity index (χ4n) is 1.76. The van der Waals surface area contributed by atoms with Gasteiger partial charge in [0.1, 0.15) is 16.6 Å². The zero-order chi connectivity index (χ0) is 13.2. The Morgan fingerprint density at radius 3 is 2.68 bits per heavy atom. The number of H-pyrrole nitrogens is 1. The summed E-state index contributed by atoms with van der Waals surface area (Å²) in [6.45, 7) is 0. The van der Waals surface area contributed by atoms with Crippen molar-refractivity contribution in [1.29, 1.82) is 0 Å². The number of hydrogen-bond acceptors (Lipinski definition) is 5. The van der Waals surface area contributed by atoms with Crippen molar-refractivity contribution >= 4 is 17.2 Å². The zero-order valence-electron chi connectivity index (χ0n) is 10.3. The lowest BCUT2D eigenvalue weighted by Gasteiger charge is -2.00. The van der Waals surface area contributed by atoms with E-state index >= 15 is 0 Å². The van der Waals surface area contributed by atoms with Crippen LogP contribution in [0.1, 0.15) is 0 Å². The second-order valence-corrected chi connectivity index (χ2v) is 4.82. The molecule has 5 nitrogen and oxygen atoms in total. The van der Waals surface area contributed by atoms with Gasteiger partial charge in [0, 0.05) is 10.9 Å². The fourth-order valence-corrected chi connectivity index (χ4v) is 2.61. The van der Waals surface area contributed by atoms with E-state index in [1.807, 2.05) is 29.6 Å². The molecule has 0 aliphatic rings. The first-order valence-corrected chi connectivity index (χ1v) is 6.55. The maximum atomic E-state index is 5.79. The van der Waals surface area contributed by atoms with Crippen LogP contribution < -0.4 is 10.5 Å². The van der Waals surface area contributed by atoms with Crippen LogP contribution in [-0.2, 0) is 0 Å². The summed E-state index contributed by atoms with van der Waals surface area (Å²) in [6.07, 6.45) is 1.69. The lowest BCUT2D eigenvalue weighted by atomic mass is 10.2. The van der Waals surface area contributed by atoms with Crippen molar-refractivity contribution in [1.82, 2.24) is 15.2 Å². The van der Waals surface area contributed by atoms with E-state index in [0.29, 0.717) is 5.82 Å². The van der Waals surface area contributed by atoms with Crippen molar-refractivity contribution in [3.8, 4) is 27.6 Å². The lowest BCUT2D eigenvalue weighted by Crippen LogP contribution is -1.87. The average molecular weight is 272 g/mol. The maximum Gasteiger partial charge on any atom is 0.129 e. The van der Waals surface area contributed by atoms with Gasteiger partial charge in [-0.05, 0) is 24.3 Å². The topological polar surface area (TPSA) is 76.8 Å². The van der Waals surface area contributed by atoms with Crippen LogP contribution in [0.2, 0.25) is 0 Å². The van der Waals surface area contributed by atoms with E-state index in [2.05, 4.69) is 15.2 Å². The largest absolute Gasteiger partial charge is 0.497 e. The molecule has 0 radical (unpaired) electrons. The number of anilines is 1. The molecule has 2 heterocycles.